The zero-order valence-electron chi connectivity index (χ0n) is 10.3. The number of carbonyl (C=O) groups excluding carboxylic acids is 1. The van der Waals surface area contributed by atoms with Crippen LogP contribution in [0.25, 0.3) is 0 Å². The van der Waals surface area contributed by atoms with Gasteiger partial charge in [0.05, 0.1) is 6.20 Å². The van der Waals surface area contributed by atoms with Gasteiger partial charge in [-0.1, -0.05) is 0 Å². The molecule has 0 radical (unpaired) electrons. The molecular formula is C12H16N2O4. The SMILES string of the molecule is Cc1cnc(CC(=O)N2CCCCC2C(=O)O)o1. The Bertz CT molecular complexity index is 455. The number of amides is 1. The summed E-state index contributed by atoms with van der Waals surface area (Å²) >= 11 is 0. The summed E-state index contributed by atoms with van der Waals surface area (Å²) < 4.78 is 5.23. The predicted octanol–water partition coefficient (Wildman–Crippen LogP) is 0.991. The number of aromatic nitrogens is 1. The highest BCUT2D eigenvalue weighted by molar-refractivity contribution is 5.84. The van der Waals surface area contributed by atoms with E-state index >= 15 is 0 Å². The van der Waals surface area contributed by atoms with Crippen molar-refractivity contribution in [1.82, 2.24) is 9.88 Å². The second kappa shape index (κ2) is 5.20. The molecule has 2 rings (SSSR count). The molecule has 1 aliphatic rings. The van der Waals surface area contributed by atoms with E-state index in [-0.39, 0.29) is 12.3 Å². The molecule has 1 aromatic rings. The highest BCUT2D eigenvalue weighted by atomic mass is 16.4. The second-order valence-corrected chi connectivity index (χ2v) is 4.48. The molecule has 0 aromatic carbocycles. The fraction of sp³-hybridized carbons (Fsp3) is 0.583. The summed E-state index contributed by atoms with van der Waals surface area (Å²) in [5, 5.41) is 9.09. The highest BCUT2D eigenvalue weighted by Gasteiger charge is 2.32. The van der Waals surface area contributed by atoms with Gasteiger partial charge in [0.25, 0.3) is 0 Å². The number of aryl methyl sites for hydroxylation is 1. The first-order valence-corrected chi connectivity index (χ1v) is 6.01. The molecule has 1 unspecified atom stereocenters. The Kier molecular flexibility index (Phi) is 3.64. The van der Waals surface area contributed by atoms with Crippen molar-refractivity contribution in [1.29, 1.82) is 0 Å². The Morgan fingerprint density at radius 3 is 2.94 bits per heavy atom. The average molecular weight is 252 g/mol. The van der Waals surface area contributed by atoms with Crippen LogP contribution in [0.5, 0.6) is 0 Å². The molecule has 0 aliphatic carbocycles. The van der Waals surface area contributed by atoms with Gasteiger partial charge < -0.3 is 14.4 Å². The highest BCUT2D eigenvalue weighted by Crippen LogP contribution is 2.18. The normalized spacial score (nSPS) is 19.8. The molecule has 1 saturated heterocycles. The van der Waals surface area contributed by atoms with E-state index in [0.717, 1.165) is 12.8 Å². The topological polar surface area (TPSA) is 83.6 Å². The number of piperidine rings is 1. The van der Waals surface area contributed by atoms with Crippen LogP contribution in [0.15, 0.2) is 10.6 Å². The van der Waals surface area contributed by atoms with E-state index in [9.17, 15) is 9.59 Å². The van der Waals surface area contributed by atoms with E-state index < -0.39 is 12.0 Å². The minimum Gasteiger partial charge on any atom is -0.480 e. The van der Waals surface area contributed by atoms with Crippen molar-refractivity contribution >= 4 is 11.9 Å². The van der Waals surface area contributed by atoms with Gasteiger partial charge in [0.2, 0.25) is 11.8 Å². The van der Waals surface area contributed by atoms with Gasteiger partial charge in [-0.3, -0.25) is 4.79 Å². The van der Waals surface area contributed by atoms with Gasteiger partial charge in [-0.05, 0) is 26.2 Å². The van der Waals surface area contributed by atoms with Gasteiger partial charge >= 0.3 is 5.97 Å². The van der Waals surface area contributed by atoms with Gasteiger partial charge in [-0.2, -0.15) is 0 Å². The lowest BCUT2D eigenvalue weighted by molar-refractivity contribution is -0.151. The first-order valence-electron chi connectivity index (χ1n) is 6.01. The summed E-state index contributed by atoms with van der Waals surface area (Å²) in [7, 11) is 0. The second-order valence-electron chi connectivity index (χ2n) is 4.48. The molecule has 2 heterocycles. The van der Waals surface area contributed by atoms with E-state index in [2.05, 4.69) is 4.98 Å². The van der Waals surface area contributed by atoms with E-state index in [1.54, 1.807) is 13.1 Å². The first-order chi connectivity index (χ1) is 8.58. The Morgan fingerprint density at radius 2 is 2.33 bits per heavy atom. The Labute approximate surface area is 105 Å². The predicted molar refractivity (Wildman–Crippen MR) is 61.9 cm³/mol. The maximum atomic E-state index is 12.1. The van der Waals surface area contributed by atoms with Crippen LogP contribution < -0.4 is 0 Å². The minimum atomic E-state index is -0.938. The Balaban J connectivity index is 2.04. The fourth-order valence-electron chi connectivity index (χ4n) is 2.20. The number of hydrogen-bond donors (Lipinski definition) is 1. The van der Waals surface area contributed by atoms with Crippen LogP contribution in [0.1, 0.15) is 30.9 Å². The molecule has 1 amide bonds. The van der Waals surface area contributed by atoms with Gasteiger partial charge in [0.15, 0.2) is 0 Å². The van der Waals surface area contributed by atoms with Crippen molar-refractivity contribution < 1.29 is 19.1 Å². The fourth-order valence-corrected chi connectivity index (χ4v) is 2.20. The largest absolute Gasteiger partial charge is 0.480 e. The lowest BCUT2D eigenvalue weighted by Gasteiger charge is -2.32. The third-order valence-corrected chi connectivity index (χ3v) is 3.08. The summed E-state index contributed by atoms with van der Waals surface area (Å²) in [5.41, 5.74) is 0. The van der Waals surface area contributed by atoms with Crippen LogP contribution in [0.2, 0.25) is 0 Å². The smallest absolute Gasteiger partial charge is 0.326 e. The first kappa shape index (κ1) is 12.6. The lowest BCUT2D eigenvalue weighted by atomic mass is 10.0. The third kappa shape index (κ3) is 2.69. The number of carboxylic acids is 1. The van der Waals surface area contributed by atoms with Crippen molar-refractivity contribution in [2.45, 2.75) is 38.6 Å². The molecule has 6 heteroatoms. The number of rotatable bonds is 3. The number of hydrogen-bond acceptors (Lipinski definition) is 4. The van der Waals surface area contributed by atoms with Gasteiger partial charge in [0, 0.05) is 6.54 Å². The summed E-state index contributed by atoms with van der Waals surface area (Å²) in [6.07, 6.45) is 3.79. The van der Waals surface area contributed by atoms with Crippen LogP contribution in [0.4, 0.5) is 0 Å². The van der Waals surface area contributed by atoms with Crippen LogP contribution in [-0.4, -0.2) is 39.5 Å². The summed E-state index contributed by atoms with van der Waals surface area (Å²) in [6.45, 7) is 2.25. The molecular weight excluding hydrogens is 236 g/mol. The van der Waals surface area contributed by atoms with Crippen LogP contribution >= 0.6 is 0 Å². The molecule has 1 N–H and O–H groups in total. The maximum Gasteiger partial charge on any atom is 0.326 e. The summed E-state index contributed by atoms with van der Waals surface area (Å²) in [4.78, 5) is 28.5. The van der Waals surface area contributed by atoms with E-state index in [4.69, 9.17) is 9.52 Å². The van der Waals surface area contributed by atoms with Crippen molar-refractivity contribution in [2.75, 3.05) is 6.54 Å². The third-order valence-electron chi connectivity index (χ3n) is 3.08. The van der Waals surface area contributed by atoms with Crippen molar-refractivity contribution in [3.05, 3.63) is 17.8 Å². The number of oxazole rings is 1. The van der Waals surface area contributed by atoms with E-state index in [1.165, 1.54) is 4.90 Å². The maximum absolute atomic E-state index is 12.1. The van der Waals surface area contributed by atoms with E-state index in [0.29, 0.717) is 24.6 Å². The average Bonchev–Trinajstić information content (AvgIpc) is 2.74. The minimum absolute atomic E-state index is 0.0254. The van der Waals surface area contributed by atoms with E-state index in [1.807, 2.05) is 0 Å². The van der Waals surface area contributed by atoms with Gasteiger partial charge in [-0.25, -0.2) is 9.78 Å². The number of nitrogens with zero attached hydrogens (tertiary/aromatic N) is 2. The zero-order valence-corrected chi connectivity index (χ0v) is 10.3. The monoisotopic (exact) mass is 252 g/mol. The molecule has 1 aromatic heterocycles. The number of aliphatic carboxylic acids is 1. The molecule has 1 fully saturated rings. The molecule has 0 bridgehead atoms. The van der Waals surface area contributed by atoms with Crippen molar-refractivity contribution in [2.24, 2.45) is 0 Å². The molecule has 18 heavy (non-hydrogen) atoms. The van der Waals surface area contributed by atoms with Crippen molar-refractivity contribution in [3.8, 4) is 0 Å². The number of carboxylic acid groups (broad SMARTS) is 1. The molecule has 1 atom stereocenters. The molecule has 98 valence electrons. The summed E-state index contributed by atoms with van der Waals surface area (Å²) in [5.74, 6) is -0.186. The Hall–Kier alpha value is -1.85. The standard InChI is InChI=1S/C12H16N2O4/c1-8-7-13-10(18-8)6-11(15)14-5-3-2-4-9(14)12(16)17/h7,9H,2-6H2,1H3,(H,16,17). The molecule has 0 spiro atoms. The lowest BCUT2D eigenvalue weighted by Crippen LogP contribution is -2.48. The molecule has 6 nitrogen and oxygen atoms in total. The molecule has 0 saturated carbocycles. The van der Waals surface area contributed by atoms with Crippen LogP contribution in [-0.2, 0) is 16.0 Å². The number of likely N-dealkylation sites (tertiary alicyclic amines) is 1. The molecule has 1 aliphatic heterocycles. The van der Waals surface area contributed by atoms with Crippen molar-refractivity contribution in [3.63, 3.8) is 0 Å². The van der Waals surface area contributed by atoms with Gasteiger partial charge in [-0.15, -0.1) is 0 Å². The quantitative estimate of drug-likeness (QED) is 0.867. The Morgan fingerprint density at radius 1 is 1.56 bits per heavy atom. The zero-order chi connectivity index (χ0) is 13.1. The van der Waals surface area contributed by atoms with Gasteiger partial charge in [0.1, 0.15) is 18.2 Å². The summed E-state index contributed by atoms with van der Waals surface area (Å²) in [6, 6.07) is -0.706. The number of carbonyl (C=O) groups is 2. The van der Waals surface area contributed by atoms with Crippen LogP contribution in [0.3, 0.4) is 0 Å². The van der Waals surface area contributed by atoms with Crippen LogP contribution in [0, 0.1) is 6.92 Å².